The fourth-order valence-electron chi connectivity index (χ4n) is 3.53. The van der Waals surface area contributed by atoms with Gasteiger partial charge in [0.05, 0.1) is 12.1 Å². The molecular formula is C22H22N2O2. The first kappa shape index (κ1) is 16.6. The number of hydrogen-bond acceptors (Lipinski definition) is 3. The summed E-state index contributed by atoms with van der Waals surface area (Å²) in [6.07, 6.45) is 5.06. The summed E-state index contributed by atoms with van der Waals surface area (Å²) in [6, 6.07) is 18.0. The van der Waals surface area contributed by atoms with E-state index in [4.69, 9.17) is 4.74 Å². The number of nitrogens with zero attached hydrogens (tertiary/aromatic N) is 2. The van der Waals surface area contributed by atoms with Crippen molar-refractivity contribution in [1.29, 1.82) is 0 Å². The third kappa shape index (κ3) is 3.40. The first-order valence-electron chi connectivity index (χ1n) is 9.18. The third-order valence-corrected chi connectivity index (χ3v) is 4.81. The van der Waals surface area contributed by atoms with Crippen LogP contribution in [0.25, 0.3) is 10.9 Å². The van der Waals surface area contributed by atoms with Gasteiger partial charge in [-0.1, -0.05) is 24.3 Å². The summed E-state index contributed by atoms with van der Waals surface area (Å²) in [5.74, 6) is 1.01. The number of pyridine rings is 1. The lowest BCUT2D eigenvalue weighted by atomic mass is 10.0. The number of anilines is 1. The van der Waals surface area contributed by atoms with Crippen molar-refractivity contribution in [2.45, 2.75) is 25.7 Å². The van der Waals surface area contributed by atoms with Crippen molar-refractivity contribution in [3.63, 3.8) is 0 Å². The summed E-state index contributed by atoms with van der Waals surface area (Å²) in [5, 5.41) is 1.01. The molecule has 0 saturated carbocycles. The van der Waals surface area contributed by atoms with E-state index in [-0.39, 0.29) is 5.91 Å². The lowest BCUT2D eigenvalue weighted by Gasteiger charge is -2.29. The van der Waals surface area contributed by atoms with Gasteiger partial charge < -0.3 is 9.64 Å². The number of hydrogen-bond donors (Lipinski definition) is 0. The molecule has 2 aromatic carbocycles. The lowest BCUT2D eigenvalue weighted by Crippen LogP contribution is -2.35. The third-order valence-electron chi connectivity index (χ3n) is 4.81. The van der Waals surface area contributed by atoms with Crippen LogP contribution in [0.1, 0.15) is 24.8 Å². The highest BCUT2D eigenvalue weighted by Gasteiger charge is 2.21. The first-order chi connectivity index (χ1) is 12.8. The summed E-state index contributed by atoms with van der Waals surface area (Å²) in [4.78, 5) is 18.9. The van der Waals surface area contributed by atoms with E-state index >= 15 is 0 Å². The Labute approximate surface area is 153 Å². The Morgan fingerprint density at radius 3 is 2.96 bits per heavy atom. The van der Waals surface area contributed by atoms with Crippen molar-refractivity contribution in [2.24, 2.45) is 0 Å². The molecule has 26 heavy (non-hydrogen) atoms. The van der Waals surface area contributed by atoms with Gasteiger partial charge in [0, 0.05) is 30.2 Å². The van der Waals surface area contributed by atoms with Gasteiger partial charge in [-0.05, 0) is 55.2 Å². The maximum Gasteiger partial charge on any atom is 0.227 e. The minimum absolute atomic E-state index is 0.181. The molecule has 4 rings (SSSR count). The molecule has 3 aromatic rings. The van der Waals surface area contributed by atoms with E-state index in [2.05, 4.69) is 11.1 Å². The van der Waals surface area contributed by atoms with Gasteiger partial charge in [-0.2, -0.15) is 0 Å². The molecule has 1 aromatic heterocycles. The van der Waals surface area contributed by atoms with Crippen molar-refractivity contribution >= 4 is 22.5 Å². The number of amides is 1. The number of rotatable bonds is 5. The van der Waals surface area contributed by atoms with Crippen LogP contribution in [0.15, 0.2) is 60.8 Å². The molecular weight excluding hydrogens is 324 g/mol. The van der Waals surface area contributed by atoms with E-state index in [1.54, 1.807) is 6.20 Å². The number of aromatic nitrogens is 1. The average molecular weight is 346 g/mol. The van der Waals surface area contributed by atoms with Gasteiger partial charge in [-0.25, -0.2) is 0 Å². The highest BCUT2D eigenvalue weighted by atomic mass is 16.5. The molecule has 0 N–H and O–H groups in total. The van der Waals surface area contributed by atoms with E-state index in [9.17, 15) is 4.79 Å². The van der Waals surface area contributed by atoms with Gasteiger partial charge >= 0.3 is 0 Å². The number of carbonyl (C=O) groups excluding carboxylic acids is 1. The molecule has 0 atom stereocenters. The van der Waals surface area contributed by atoms with Crippen molar-refractivity contribution in [1.82, 2.24) is 4.98 Å². The smallest absolute Gasteiger partial charge is 0.227 e. The predicted octanol–water partition coefficient (Wildman–Crippen LogP) is 4.37. The van der Waals surface area contributed by atoms with E-state index in [1.165, 1.54) is 5.56 Å². The number of carbonyl (C=O) groups is 1. The van der Waals surface area contributed by atoms with Crippen LogP contribution in [0.5, 0.6) is 5.75 Å². The Kier molecular flexibility index (Phi) is 4.82. The Balaban J connectivity index is 1.35. The van der Waals surface area contributed by atoms with Crippen molar-refractivity contribution in [3.05, 3.63) is 66.4 Å². The van der Waals surface area contributed by atoms with Crippen LogP contribution in [-0.4, -0.2) is 24.0 Å². The Bertz CT molecular complexity index is 917. The highest BCUT2D eigenvalue weighted by molar-refractivity contribution is 5.94. The van der Waals surface area contributed by atoms with E-state index in [0.29, 0.717) is 19.4 Å². The zero-order chi connectivity index (χ0) is 17.8. The van der Waals surface area contributed by atoms with Crippen molar-refractivity contribution in [3.8, 4) is 5.75 Å². The Morgan fingerprint density at radius 1 is 1.08 bits per heavy atom. The minimum atomic E-state index is 0.181. The Hall–Kier alpha value is -2.88. The highest BCUT2D eigenvalue weighted by Crippen LogP contribution is 2.27. The lowest BCUT2D eigenvalue weighted by molar-refractivity contribution is -0.118. The van der Waals surface area contributed by atoms with Crippen LogP contribution in [0.4, 0.5) is 5.69 Å². The second-order valence-corrected chi connectivity index (χ2v) is 6.56. The number of para-hydroxylation sites is 1. The summed E-state index contributed by atoms with van der Waals surface area (Å²) in [6.45, 7) is 1.33. The van der Waals surface area contributed by atoms with Gasteiger partial charge in [0.2, 0.25) is 5.91 Å². The largest absolute Gasteiger partial charge is 0.493 e. The normalized spacial score (nSPS) is 13.5. The molecule has 1 aliphatic heterocycles. The standard InChI is InChI=1S/C22H22N2O2/c25-22(24-15-5-8-17-7-1-2-11-20(17)24)13-6-16-26-21-12-3-10-19-18(21)9-4-14-23-19/h1-4,7,9-12,14H,5-6,8,13,15-16H2. The summed E-state index contributed by atoms with van der Waals surface area (Å²) < 4.78 is 5.92. The van der Waals surface area contributed by atoms with E-state index in [1.807, 2.05) is 53.4 Å². The minimum Gasteiger partial charge on any atom is -0.493 e. The molecule has 0 radical (unpaired) electrons. The summed E-state index contributed by atoms with van der Waals surface area (Å²) >= 11 is 0. The molecule has 1 amide bonds. The molecule has 0 bridgehead atoms. The molecule has 0 unspecified atom stereocenters. The van der Waals surface area contributed by atoms with Crippen LogP contribution in [-0.2, 0) is 11.2 Å². The SMILES string of the molecule is O=C(CCCOc1cccc2ncccc12)N1CCCc2ccccc21. The zero-order valence-corrected chi connectivity index (χ0v) is 14.7. The fraction of sp³-hybridized carbons (Fsp3) is 0.273. The van der Waals surface area contributed by atoms with Gasteiger partial charge in [0.25, 0.3) is 0 Å². The van der Waals surface area contributed by atoms with Crippen LogP contribution in [0, 0.1) is 0 Å². The topological polar surface area (TPSA) is 42.4 Å². The molecule has 0 spiro atoms. The fourth-order valence-corrected chi connectivity index (χ4v) is 3.53. The van der Waals surface area contributed by atoms with E-state index < -0.39 is 0 Å². The van der Waals surface area contributed by atoms with Gasteiger partial charge in [-0.3, -0.25) is 9.78 Å². The number of aryl methyl sites for hydroxylation is 1. The van der Waals surface area contributed by atoms with Crippen LogP contribution in [0.3, 0.4) is 0 Å². The Morgan fingerprint density at radius 2 is 2.00 bits per heavy atom. The van der Waals surface area contributed by atoms with E-state index in [0.717, 1.165) is 41.7 Å². The molecule has 0 saturated heterocycles. The first-order valence-corrected chi connectivity index (χ1v) is 9.18. The number of ether oxygens (including phenoxy) is 1. The van der Waals surface area contributed by atoms with Gasteiger partial charge in [-0.15, -0.1) is 0 Å². The molecule has 0 aliphatic carbocycles. The van der Waals surface area contributed by atoms with Crippen LogP contribution < -0.4 is 9.64 Å². The second kappa shape index (κ2) is 7.56. The molecule has 132 valence electrons. The second-order valence-electron chi connectivity index (χ2n) is 6.56. The maximum atomic E-state index is 12.6. The van der Waals surface area contributed by atoms with Gasteiger partial charge in [0.15, 0.2) is 0 Å². The monoisotopic (exact) mass is 346 g/mol. The molecule has 4 heteroatoms. The van der Waals surface area contributed by atoms with Crippen molar-refractivity contribution < 1.29 is 9.53 Å². The number of fused-ring (bicyclic) bond motifs is 2. The molecule has 4 nitrogen and oxygen atoms in total. The van der Waals surface area contributed by atoms with Gasteiger partial charge in [0.1, 0.15) is 5.75 Å². The zero-order valence-electron chi connectivity index (χ0n) is 14.7. The average Bonchev–Trinajstić information content (AvgIpc) is 2.70. The molecule has 0 fully saturated rings. The molecule has 2 heterocycles. The van der Waals surface area contributed by atoms with Crippen molar-refractivity contribution in [2.75, 3.05) is 18.1 Å². The quantitative estimate of drug-likeness (QED) is 0.644. The molecule has 1 aliphatic rings. The maximum absolute atomic E-state index is 12.6. The van der Waals surface area contributed by atoms with Crippen LogP contribution in [0.2, 0.25) is 0 Å². The predicted molar refractivity (Wildman–Crippen MR) is 104 cm³/mol. The van der Waals surface area contributed by atoms with Crippen LogP contribution >= 0.6 is 0 Å². The summed E-state index contributed by atoms with van der Waals surface area (Å²) in [5.41, 5.74) is 3.27. The number of benzene rings is 2. The summed E-state index contributed by atoms with van der Waals surface area (Å²) in [7, 11) is 0.